The molecule has 1 aromatic heterocycles. The summed E-state index contributed by atoms with van der Waals surface area (Å²) >= 11 is 3.15. The molecule has 7 heteroatoms. The number of carbonyl (C=O) groups excluding carboxylic acids is 2. The summed E-state index contributed by atoms with van der Waals surface area (Å²) in [7, 11) is 1.43. The van der Waals surface area contributed by atoms with Gasteiger partial charge in [0, 0.05) is 0 Å². The van der Waals surface area contributed by atoms with Gasteiger partial charge in [0.25, 0.3) is 5.88 Å². The molecule has 0 saturated carbocycles. The van der Waals surface area contributed by atoms with Gasteiger partial charge in [-0.1, -0.05) is 0 Å². The summed E-state index contributed by atoms with van der Waals surface area (Å²) in [5.41, 5.74) is 0. The molecule has 1 fully saturated rings. The number of methoxy groups -OCH3 is 1. The standard InChI is InChI=1S/C9H8BrN3O3/c1-16-9-8(11-3-6(10)12-9)13-4-5(14)2-7(13)15/h3H,2,4H2,1H3. The second-order valence-corrected chi connectivity index (χ2v) is 4.03. The number of hydrogen-bond acceptors (Lipinski definition) is 5. The summed E-state index contributed by atoms with van der Waals surface area (Å²) in [6.07, 6.45) is 1.37. The highest BCUT2D eigenvalue weighted by atomic mass is 79.9. The van der Waals surface area contributed by atoms with Gasteiger partial charge in [-0.3, -0.25) is 14.5 Å². The first kappa shape index (κ1) is 11.0. The Bertz CT molecular complexity index is 463. The minimum Gasteiger partial charge on any atom is -0.478 e. The van der Waals surface area contributed by atoms with E-state index in [9.17, 15) is 9.59 Å². The quantitative estimate of drug-likeness (QED) is 0.742. The molecule has 1 aliphatic rings. The van der Waals surface area contributed by atoms with Crippen molar-refractivity contribution in [3.05, 3.63) is 10.8 Å². The van der Waals surface area contributed by atoms with Gasteiger partial charge in [-0.15, -0.1) is 0 Å². The highest BCUT2D eigenvalue weighted by molar-refractivity contribution is 9.10. The Hall–Kier alpha value is -1.50. The summed E-state index contributed by atoms with van der Waals surface area (Å²) in [6, 6.07) is 0. The van der Waals surface area contributed by atoms with Gasteiger partial charge in [0.05, 0.1) is 26.3 Å². The van der Waals surface area contributed by atoms with Crippen molar-refractivity contribution in [1.29, 1.82) is 0 Å². The summed E-state index contributed by atoms with van der Waals surface area (Å²) < 4.78 is 5.52. The van der Waals surface area contributed by atoms with Crippen LogP contribution in [0.1, 0.15) is 6.42 Å². The molecule has 1 saturated heterocycles. The van der Waals surface area contributed by atoms with Gasteiger partial charge in [-0.2, -0.15) is 0 Å². The van der Waals surface area contributed by atoms with Crippen LogP contribution in [-0.2, 0) is 9.59 Å². The summed E-state index contributed by atoms with van der Waals surface area (Å²) in [5.74, 6) is 0.0932. The van der Waals surface area contributed by atoms with Crippen LogP contribution in [0.15, 0.2) is 10.8 Å². The van der Waals surface area contributed by atoms with Gasteiger partial charge in [0.1, 0.15) is 4.60 Å². The first-order valence-electron chi connectivity index (χ1n) is 4.50. The molecule has 16 heavy (non-hydrogen) atoms. The van der Waals surface area contributed by atoms with Gasteiger partial charge in [0.15, 0.2) is 11.6 Å². The summed E-state index contributed by atoms with van der Waals surface area (Å²) in [6.45, 7) is 0.0332. The van der Waals surface area contributed by atoms with Crippen molar-refractivity contribution < 1.29 is 14.3 Å². The second kappa shape index (κ2) is 4.17. The van der Waals surface area contributed by atoms with Crippen molar-refractivity contribution in [1.82, 2.24) is 9.97 Å². The molecule has 0 aromatic carbocycles. The second-order valence-electron chi connectivity index (χ2n) is 3.22. The molecule has 0 aliphatic carbocycles. The maximum absolute atomic E-state index is 11.5. The molecule has 0 N–H and O–H groups in total. The normalized spacial score (nSPS) is 15.8. The fraction of sp³-hybridized carbons (Fsp3) is 0.333. The fourth-order valence-electron chi connectivity index (χ4n) is 1.45. The number of ketones is 1. The number of ether oxygens (including phenoxy) is 1. The monoisotopic (exact) mass is 285 g/mol. The van der Waals surface area contributed by atoms with Crippen molar-refractivity contribution in [2.45, 2.75) is 6.42 Å². The van der Waals surface area contributed by atoms with E-state index in [4.69, 9.17) is 4.74 Å². The van der Waals surface area contributed by atoms with Gasteiger partial charge in [-0.25, -0.2) is 9.97 Å². The van der Waals surface area contributed by atoms with Crippen LogP contribution in [-0.4, -0.2) is 35.3 Å². The fourth-order valence-corrected chi connectivity index (χ4v) is 1.71. The SMILES string of the molecule is COc1nc(Br)cnc1N1CC(=O)CC1=O. The van der Waals surface area contributed by atoms with Crippen LogP contribution in [0.4, 0.5) is 5.82 Å². The van der Waals surface area contributed by atoms with E-state index in [1.165, 1.54) is 18.2 Å². The van der Waals surface area contributed by atoms with Gasteiger partial charge >= 0.3 is 0 Å². The first-order valence-corrected chi connectivity index (χ1v) is 5.29. The molecular formula is C9H8BrN3O3. The van der Waals surface area contributed by atoms with Crippen molar-refractivity contribution in [2.75, 3.05) is 18.6 Å². The molecule has 1 aromatic rings. The van der Waals surface area contributed by atoms with Crippen molar-refractivity contribution >= 4 is 33.4 Å². The van der Waals surface area contributed by atoms with E-state index in [1.807, 2.05) is 0 Å². The van der Waals surface area contributed by atoms with Crippen molar-refractivity contribution in [3.8, 4) is 5.88 Å². The van der Waals surface area contributed by atoms with E-state index in [0.717, 1.165) is 0 Å². The highest BCUT2D eigenvalue weighted by Crippen LogP contribution is 2.27. The van der Waals surface area contributed by atoms with Gasteiger partial charge < -0.3 is 4.74 Å². The minimum atomic E-state index is -0.278. The third kappa shape index (κ3) is 1.90. The molecule has 2 heterocycles. The molecular weight excluding hydrogens is 278 g/mol. The Morgan fingerprint density at radius 2 is 2.25 bits per heavy atom. The van der Waals surface area contributed by atoms with Crippen LogP contribution >= 0.6 is 15.9 Å². The predicted octanol–water partition coefficient (Wildman–Crippen LogP) is 0.553. The average molecular weight is 286 g/mol. The minimum absolute atomic E-state index is 0.0332. The number of rotatable bonds is 2. The van der Waals surface area contributed by atoms with Gasteiger partial charge in [-0.05, 0) is 15.9 Å². The number of aromatic nitrogens is 2. The first-order chi connectivity index (χ1) is 7.61. The van der Waals surface area contributed by atoms with Crippen LogP contribution in [0, 0.1) is 0 Å². The number of nitrogens with zero attached hydrogens (tertiary/aromatic N) is 3. The molecule has 6 nitrogen and oxygen atoms in total. The Morgan fingerprint density at radius 1 is 1.50 bits per heavy atom. The lowest BCUT2D eigenvalue weighted by atomic mass is 10.3. The lowest BCUT2D eigenvalue weighted by molar-refractivity contribution is -0.121. The Balaban J connectivity index is 2.40. The van der Waals surface area contributed by atoms with Crippen LogP contribution in [0.25, 0.3) is 0 Å². The van der Waals surface area contributed by atoms with Crippen LogP contribution in [0.5, 0.6) is 5.88 Å². The largest absolute Gasteiger partial charge is 0.478 e. The van der Waals surface area contributed by atoms with E-state index >= 15 is 0 Å². The molecule has 0 radical (unpaired) electrons. The third-order valence-corrected chi connectivity index (χ3v) is 2.51. The predicted molar refractivity (Wildman–Crippen MR) is 58.3 cm³/mol. The zero-order valence-electron chi connectivity index (χ0n) is 8.44. The lowest BCUT2D eigenvalue weighted by Gasteiger charge is -2.15. The molecule has 1 aliphatic heterocycles. The lowest BCUT2D eigenvalue weighted by Crippen LogP contribution is -2.26. The van der Waals surface area contributed by atoms with Crippen LogP contribution < -0.4 is 9.64 Å². The molecule has 0 spiro atoms. The van der Waals surface area contributed by atoms with E-state index < -0.39 is 0 Å². The van der Waals surface area contributed by atoms with E-state index in [-0.39, 0.29) is 36.4 Å². The van der Waals surface area contributed by atoms with E-state index in [0.29, 0.717) is 4.60 Å². The molecule has 0 bridgehead atoms. The van der Waals surface area contributed by atoms with E-state index in [1.54, 1.807) is 0 Å². The summed E-state index contributed by atoms with van der Waals surface area (Å²) in [4.78, 5) is 32.0. The molecule has 2 rings (SSSR count). The third-order valence-electron chi connectivity index (χ3n) is 2.13. The highest BCUT2D eigenvalue weighted by Gasteiger charge is 2.32. The number of hydrogen-bond donors (Lipinski definition) is 0. The number of halogens is 1. The summed E-state index contributed by atoms with van der Waals surface area (Å²) in [5, 5.41) is 0. The molecule has 1 amide bonds. The van der Waals surface area contributed by atoms with E-state index in [2.05, 4.69) is 25.9 Å². The van der Waals surface area contributed by atoms with Crippen LogP contribution in [0.2, 0.25) is 0 Å². The van der Waals surface area contributed by atoms with Crippen molar-refractivity contribution in [3.63, 3.8) is 0 Å². The molecule has 0 atom stereocenters. The number of carbonyl (C=O) groups is 2. The Labute approximate surface area is 99.8 Å². The Kier molecular flexibility index (Phi) is 2.86. The average Bonchev–Trinajstić information content (AvgIpc) is 2.57. The Morgan fingerprint density at radius 3 is 2.81 bits per heavy atom. The maximum atomic E-state index is 11.5. The van der Waals surface area contributed by atoms with Crippen LogP contribution in [0.3, 0.4) is 0 Å². The maximum Gasteiger partial charge on any atom is 0.258 e. The zero-order chi connectivity index (χ0) is 11.7. The van der Waals surface area contributed by atoms with Gasteiger partial charge in [0.2, 0.25) is 5.91 Å². The smallest absolute Gasteiger partial charge is 0.258 e. The number of amides is 1. The number of anilines is 1. The van der Waals surface area contributed by atoms with Crippen molar-refractivity contribution in [2.24, 2.45) is 0 Å². The molecule has 0 unspecified atom stereocenters. The topological polar surface area (TPSA) is 72.4 Å². The number of Topliss-reactive ketones (excluding diaryl/α,β-unsaturated/α-hetero) is 1. The zero-order valence-corrected chi connectivity index (χ0v) is 10.0. The molecule has 84 valence electrons.